The zero-order valence-electron chi connectivity index (χ0n) is 15.8. The highest BCUT2D eigenvalue weighted by atomic mass is 16.5. The minimum atomic E-state index is -0.182. The highest BCUT2D eigenvalue weighted by Gasteiger charge is 2.36. The third-order valence-electron chi connectivity index (χ3n) is 5.37. The number of benzene rings is 1. The maximum atomic E-state index is 12.7. The predicted octanol–water partition coefficient (Wildman–Crippen LogP) is 2.53. The lowest BCUT2D eigenvalue weighted by molar-refractivity contribution is -0.136. The second-order valence-corrected chi connectivity index (χ2v) is 7.21. The fourth-order valence-corrected chi connectivity index (χ4v) is 3.54. The molecule has 0 bridgehead atoms. The first-order valence-corrected chi connectivity index (χ1v) is 9.34. The van der Waals surface area contributed by atoms with Gasteiger partial charge in [-0.3, -0.25) is 9.59 Å². The number of nitrogens with zero attached hydrogens (tertiary/aromatic N) is 1. The number of methoxy groups -OCH3 is 2. The average molecular weight is 360 g/mol. The second kappa shape index (κ2) is 7.98. The number of carbonyl (C=O) groups is 2. The Morgan fingerprint density at radius 1 is 1.08 bits per heavy atom. The van der Waals surface area contributed by atoms with E-state index in [-0.39, 0.29) is 29.7 Å². The molecule has 1 saturated heterocycles. The molecule has 1 aromatic rings. The molecule has 1 aliphatic carbocycles. The largest absolute Gasteiger partial charge is 0.497 e. The Labute approximate surface area is 154 Å². The van der Waals surface area contributed by atoms with Crippen molar-refractivity contribution in [2.45, 2.75) is 38.6 Å². The van der Waals surface area contributed by atoms with Crippen LogP contribution in [-0.4, -0.2) is 44.0 Å². The van der Waals surface area contributed by atoms with Crippen LogP contribution in [-0.2, 0) is 9.59 Å². The summed E-state index contributed by atoms with van der Waals surface area (Å²) >= 11 is 0. The number of amides is 2. The molecule has 1 aromatic carbocycles. The number of hydrogen-bond donors (Lipinski definition) is 1. The molecule has 2 aliphatic rings. The maximum Gasteiger partial charge on any atom is 0.225 e. The maximum absolute atomic E-state index is 12.7. The minimum absolute atomic E-state index is 0.0425. The SMILES string of the molecule is COc1ccc(OC)c(C(C)NC(=O)C2CCN(C(=O)C3CC3)CC2)c1. The molecule has 142 valence electrons. The van der Waals surface area contributed by atoms with E-state index in [0.29, 0.717) is 13.1 Å². The van der Waals surface area contributed by atoms with E-state index in [9.17, 15) is 9.59 Å². The molecule has 0 radical (unpaired) electrons. The summed E-state index contributed by atoms with van der Waals surface area (Å²) in [7, 11) is 3.23. The van der Waals surface area contributed by atoms with Crippen molar-refractivity contribution < 1.29 is 19.1 Å². The van der Waals surface area contributed by atoms with Gasteiger partial charge in [-0.2, -0.15) is 0 Å². The van der Waals surface area contributed by atoms with Crippen LogP contribution in [0, 0.1) is 11.8 Å². The van der Waals surface area contributed by atoms with E-state index in [1.54, 1.807) is 14.2 Å². The van der Waals surface area contributed by atoms with Crippen molar-refractivity contribution in [1.29, 1.82) is 0 Å². The van der Waals surface area contributed by atoms with Crippen LogP contribution in [0.25, 0.3) is 0 Å². The van der Waals surface area contributed by atoms with Crippen molar-refractivity contribution >= 4 is 11.8 Å². The molecule has 0 aromatic heterocycles. The van der Waals surface area contributed by atoms with Crippen molar-refractivity contribution in [3.05, 3.63) is 23.8 Å². The van der Waals surface area contributed by atoms with Crippen LogP contribution in [0.5, 0.6) is 11.5 Å². The Kier molecular flexibility index (Phi) is 5.69. The fraction of sp³-hybridized carbons (Fsp3) is 0.600. The van der Waals surface area contributed by atoms with E-state index in [0.717, 1.165) is 42.7 Å². The van der Waals surface area contributed by atoms with Crippen LogP contribution in [0.15, 0.2) is 18.2 Å². The number of carbonyl (C=O) groups excluding carboxylic acids is 2. The van der Waals surface area contributed by atoms with Crippen molar-refractivity contribution in [1.82, 2.24) is 10.2 Å². The van der Waals surface area contributed by atoms with E-state index in [4.69, 9.17) is 9.47 Å². The Hall–Kier alpha value is -2.24. The van der Waals surface area contributed by atoms with Gasteiger partial charge in [0.25, 0.3) is 0 Å². The van der Waals surface area contributed by atoms with Gasteiger partial charge in [-0.25, -0.2) is 0 Å². The highest BCUT2D eigenvalue weighted by molar-refractivity contribution is 5.82. The van der Waals surface area contributed by atoms with Crippen LogP contribution in [0.1, 0.15) is 44.2 Å². The predicted molar refractivity (Wildman–Crippen MR) is 98.1 cm³/mol. The normalized spacial score (nSPS) is 19.0. The minimum Gasteiger partial charge on any atom is -0.497 e. The number of hydrogen-bond acceptors (Lipinski definition) is 4. The van der Waals surface area contributed by atoms with Gasteiger partial charge in [-0.05, 0) is 50.8 Å². The van der Waals surface area contributed by atoms with Crippen molar-refractivity contribution in [2.24, 2.45) is 11.8 Å². The summed E-state index contributed by atoms with van der Waals surface area (Å²) in [4.78, 5) is 26.7. The molecule has 2 fully saturated rings. The summed E-state index contributed by atoms with van der Waals surface area (Å²) in [6.45, 7) is 3.31. The summed E-state index contributed by atoms with van der Waals surface area (Å²) in [5.41, 5.74) is 0.890. The molecule has 6 heteroatoms. The van der Waals surface area contributed by atoms with E-state index >= 15 is 0 Å². The molecule has 3 rings (SSSR count). The molecule has 1 aliphatic heterocycles. The molecule has 26 heavy (non-hydrogen) atoms. The Bertz CT molecular complexity index is 664. The van der Waals surface area contributed by atoms with Crippen molar-refractivity contribution in [2.75, 3.05) is 27.3 Å². The molecule has 1 atom stereocenters. The summed E-state index contributed by atoms with van der Waals surface area (Å²) in [6, 6.07) is 5.39. The smallest absolute Gasteiger partial charge is 0.225 e. The number of nitrogens with one attached hydrogen (secondary N) is 1. The zero-order valence-corrected chi connectivity index (χ0v) is 15.8. The van der Waals surface area contributed by atoms with Gasteiger partial charge in [-0.15, -0.1) is 0 Å². The number of rotatable bonds is 6. The van der Waals surface area contributed by atoms with Gasteiger partial charge in [0.05, 0.1) is 20.3 Å². The van der Waals surface area contributed by atoms with Crippen LogP contribution < -0.4 is 14.8 Å². The Morgan fingerprint density at radius 3 is 2.35 bits per heavy atom. The standard InChI is InChI=1S/C20H28N2O4/c1-13(17-12-16(25-2)6-7-18(17)26-3)21-19(23)14-8-10-22(11-9-14)20(24)15-4-5-15/h6-7,12-15H,4-5,8-11H2,1-3H3,(H,21,23). The summed E-state index contributed by atoms with van der Waals surface area (Å²) < 4.78 is 10.7. The molecule has 6 nitrogen and oxygen atoms in total. The number of piperidine rings is 1. The molecule has 1 N–H and O–H groups in total. The molecule has 1 saturated carbocycles. The number of likely N-dealkylation sites (tertiary alicyclic amines) is 1. The van der Waals surface area contributed by atoms with Gasteiger partial charge < -0.3 is 19.7 Å². The third-order valence-corrected chi connectivity index (χ3v) is 5.37. The van der Waals surface area contributed by atoms with Gasteiger partial charge in [0.1, 0.15) is 11.5 Å². The fourth-order valence-electron chi connectivity index (χ4n) is 3.54. The van der Waals surface area contributed by atoms with E-state index in [1.807, 2.05) is 30.0 Å². The second-order valence-electron chi connectivity index (χ2n) is 7.21. The topological polar surface area (TPSA) is 67.9 Å². The summed E-state index contributed by atoms with van der Waals surface area (Å²) in [6.07, 6.45) is 3.51. The summed E-state index contributed by atoms with van der Waals surface area (Å²) in [5.74, 6) is 1.98. The Morgan fingerprint density at radius 2 is 1.77 bits per heavy atom. The monoisotopic (exact) mass is 360 g/mol. The van der Waals surface area contributed by atoms with Gasteiger partial charge in [-0.1, -0.05) is 0 Å². The lowest BCUT2D eigenvalue weighted by Crippen LogP contribution is -2.44. The zero-order chi connectivity index (χ0) is 18.7. The van der Waals surface area contributed by atoms with Crippen LogP contribution in [0.3, 0.4) is 0 Å². The molecular formula is C20H28N2O4. The van der Waals surface area contributed by atoms with Crippen molar-refractivity contribution in [3.8, 4) is 11.5 Å². The van der Waals surface area contributed by atoms with Gasteiger partial charge in [0.2, 0.25) is 11.8 Å². The van der Waals surface area contributed by atoms with Gasteiger partial charge >= 0.3 is 0 Å². The van der Waals surface area contributed by atoms with E-state index in [1.165, 1.54) is 0 Å². The molecule has 1 unspecified atom stereocenters. The van der Waals surface area contributed by atoms with Crippen LogP contribution in [0.4, 0.5) is 0 Å². The lowest BCUT2D eigenvalue weighted by Gasteiger charge is -2.32. The van der Waals surface area contributed by atoms with E-state index < -0.39 is 0 Å². The van der Waals surface area contributed by atoms with Crippen molar-refractivity contribution in [3.63, 3.8) is 0 Å². The number of ether oxygens (including phenoxy) is 2. The first-order chi connectivity index (χ1) is 12.5. The third kappa shape index (κ3) is 4.11. The van der Waals surface area contributed by atoms with Crippen LogP contribution in [0.2, 0.25) is 0 Å². The molecule has 2 amide bonds. The first kappa shape index (κ1) is 18.5. The van der Waals surface area contributed by atoms with E-state index in [2.05, 4.69) is 5.32 Å². The van der Waals surface area contributed by atoms with Gasteiger partial charge in [0, 0.05) is 30.5 Å². The molecule has 0 spiro atoms. The Balaban J connectivity index is 1.57. The quantitative estimate of drug-likeness (QED) is 0.846. The lowest BCUT2D eigenvalue weighted by atomic mass is 9.94. The highest BCUT2D eigenvalue weighted by Crippen LogP contribution is 2.33. The average Bonchev–Trinajstić information content (AvgIpc) is 3.52. The van der Waals surface area contributed by atoms with Gasteiger partial charge in [0.15, 0.2) is 0 Å². The first-order valence-electron chi connectivity index (χ1n) is 9.34. The summed E-state index contributed by atoms with van der Waals surface area (Å²) in [5, 5.41) is 3.09. The molecule has 1 heterocycles. The molecular weight excluding hydrogens is 332 g/mol. The van der Waals surface area contributed by atoms with Crippen LogP contribution >= 0.6 is 0 Å².